The lowest BCUT2D eigenvalue weighted by molar-refractivity contribution is -0.128. The molecule has 32 heavy (non-hydrogen) atoms. The first-order valence-corrected chi connectivity index (χ1v) is 11.0. The summed E-state index contributed by atoms with van der Waals surface area (Å²) in [5, 5.41) is 6.65. The minimum atomic E-state index is -0.681. The summed E-state index contributed by atoms with van der Waals surface area (Å²) in [6.45, 7) is 5.47. The molecule has 0 unspecified atom stereocenters. The number of hydrogen-bond acceptors (Lipinski definition) is 3. The van der Waals surface area contributed by atoms with Crippen molar-refractivity contribution in [2.75, 3.05) is 5.32 Å². The summed E-state index contributed by atoms with van der Waals surface area (Å²) in [5.41, 5.74) is 2.71. The van der Waals surface area contributed by atoms with Crippen molar-refractivity contribution in [1.29, 1.82) is 0 Å². The molecule has 4 amide bonds. The van der Waals surface area contributed by atoms with Gasteiger partial charge in [0.05, 0.1) is 17.7 Å². The van der Waals surface area contributed by atoms with Gasteiger partial charge in [0.1, 0.15) is 6.04 Å². The van der Waals surface area contributed by atoms with E-state index in [-0.39, 0.29) is 31.2 Å². The standard InChI is InChI=1S/C25H28N4O3/c1-17(2)15-28-14-13-19-20(9-6-10-22(19)28)26-23(30)12-11-21-24(31)29(25(32)27-21)16-18-7-4-3-5-8-18/h3-10,13-14,17,21H,11-12,15-16H2,1-2H3,(H,26,30)(H,27,32)/t21-/m0/s1. The lowest BCUT2D eigenvalue weighted by Gasteiger charge is -2.13. The van der Waals surface area contributed by atoms with Crippen molar-refractivity contribution in [1.82, 2.24) is 14.8 Å². The number of hydrogen-bond donors (Lipinski definition) is 2. The number of nitrogens with zero attached hydrogens (tertiary/aromatic N) is 2. The van der Waals surface area contributed by atoms with E-state index in [2.05, 4.69) is 29.0 Å². The number of aromatic nitrogens is 1. The number of rotatable bonds is 8. The van der Waals surface area contributed by atoms with Crippen LogP contribution in [0.3, 0.4) is 0 Å². The van der Waals surface area contributed by atoms with E-state index in [9.17, 15) is 14.4 Å². The maximum Gasteiger partial charge on any atom is 0.325 e. The van der Waals surface area contributed by atoms with Crippen LogP contribution in [0.25, 0.3) is 10.9 Å². The Hall–Kier alpha value is -3.61. The Balaban J connectivity index is 1.36. The number of fused-ring (bicyclic) bond motifs is 1. The fraction of sp³-hybridized carbons (Fsp3) is 0.320. The van der Waals surface area contributed by atoms with Crippen LogP contribution in [0.4, 0.5) is 10.5 Å². The van der Waals surface area contributed by atoms with Gasteiger partial charge in [-0.25, -0.2) is 4.79 Å². The monoisotopic (exact) mass is 432 g/mol. The molecule has 2 heterocycles. The van der Waals surface area contributed by atoms with Crippen molar-refractivity contribution < 1.29 is 14.4 Å². The van der Waals surface area contributed by atoms with Gasteiger partial charge in [0, 0.05) is 24.5 Å². The topological polar surface area (TPSA) is 83.4 Å². The van der Waals surface area contributed by atoms with Gasteiger partial charge in [-0.2, -0.15) is 0 Å². The molecule has 7 heteroatoms. The molecule has 2 N–H and O–H groups in total. The van der Waals surface area contributed by atoms with Gasteiger partial charge in [0.25, 0.3) is 5.91 Å². The predicted octanol–water partition coefficient (Wildman–Crippen LogP) is 4.14. The molecule has 7 nitrogen and oxygen atoms in total. The van der Waals surface area contributed by atoms with Gasteiger partial charge in [-0.3, -0.25) is 14.5 Å². The van der Waals surface area contributed by atoms with Gasteiger partial charge in [-0.05, 0) is 36.1 Å². The molecule has 1 aliphatic heterocycles. The van der Waals surface area contributed by atoms with Crippen molar-refractivity contribution in [3.05, 3.63) is 66.4 Å². The molecule has 166 valence electrons. The van der Waals surface area contributed by atoms with Gasteiger partial charge in [-0.15, -0.1) is 0 Å². The number of amides is 4. The largest absolute Gasteiger partial charge is 0.347 e. The molecule has 0 bridgehead atoms. The minimum absolute atomic E-state index is 0.138. The summed E-state index contributed by atoms with van der Waals surface area (Å²) < 4.78 is 2.18. The zero-order valence-electron chi connectivity index (χ0n) is 18.4. The third-order valence-electron chi connectivity index (χ3n) is 5.60. The van der Waals surface area contributed by atoms with E-state index in [0.717, 1.165) is 28.7 Å². The fourth-order valence-electron chi connectivity index (χ4n) is 4.06. The highest BCUT2D eigenvalue weighted by atomic mass is 16.2. The Morgan fingerprint density at radius 1 is 1.06 bits per heavy atom. The molecule has 1 aromatic heterocycles. The zero-order valence-corrected chi connectivity index (χ0v) is 18.4. The SMILES string of the molecule is CC(C)Cn1ccc2c(NC(=O)CC[C@@H]3NC(=O)N(Cc4ccccc4)C3=O)cccc21. The van der Waals surface area contributed by atoms with E-state index in [1.54, 1.807) is 0 Å². The lowest BCUT2D eigenvalue weighted by Crippen LogP contribution is -2.31. The average Bonchev–Trinajstić information content (AvgIpc) is 3.29. The van der Waals surface area contributed by atoms with E-state index >= 15 is 0 Å². The van der Waals surface area contributed by atoms with Crippen LogP contribution in [-0.4, -0.2) is 33.4 Å². The number of urea groups is 1. The van der Waals surface area contributed by atoms with Crippen LogP contribution in [0.15, 0.2) is 60.8 Å². The molecular weight excluding hydrogens is 404 g/mol. The maximum absolute atomic E-state index is 12.7. The predicted molar refractivity (Wildman–Crippen MR) is 124 cm³/mol. The number of benzene rings is 2. The Morgan fingerprint density at radius 2 is 1.84 bits per heavy atom. The van der Waals surface area contributed by atoms with Crippen LogP contribution >= 0.6 is 0 Å². The van der Waals surface area contributed by atoms with Gasteiger partial charge in [0.2, 0.25) is 5.91 Å². The Kier molecular flexibility index (Phi) is 6.25. The summed E-state index contributed by atoms with van der Waals surface area (Å²) in [4.78, 5) is 38.7. The number of nitrogens with one attached hydrogen (secondary N) is 2. The maximum atomic E-state index is 12.7. The van der Waals surface area contributed by atoms with E-state index in [0.29, 0.717) is 5.92 Å². The van der Waals surface area contributed by atoms with E-state index in [1.807, 2.05) is 60.8 Å². The molecule has 1 saturated heterocycles. The third kappa shape index (κ3) is 4.66. The number of carbonyl (C=O) groups is 3. The van der Waals surface area contributed by atoms with Crippen LogP contribution < -0.4 is 10.6 Å². The van der Waals surface area contributed by atoms with Gasteiger partial charge < -0.3 is 15.2 Å². The Labute approximate surface area is 187 Å². The van der Waals surface area contributed by atoms with Crippen LogP contribution in [0, 0.1) is 5.92 Å². The van der Waals surface area contributed by atoms with Gasteiger partial charge >= 0.3 is 6.03 Å². The molecular formula is C25H28N4O3. The lowest BCUT2D eigenvalue weighted by atomic mass is 10.1. The molecule has 1 aliphatic rings. The first-order valence-electron chi connectivity index (χ1n) is 11.0. The smallest absolute Gasteiger partial charge is 0.325 e. The van der Waals surface area contributed by atoms with E-state index in [1.165, 1.54) is 4.90 Å². The summed E-state index contributed by atoms with van der Waals surface area (Å²) in [5.74, 6) is 0.0432. The van der Waals surface area contributed by atoms with Crippen molar-refractivity contribution in [3.63, 3.8) is 0 Å². The summed E-state index contributed by atoms with van der Waals surface area (Å²) in [6, 6.07) is 16.1. The fourth-order valence-corrected chi connectivity index (χ4v) is 4.06. The molecule has 0 aliphatic carbocycles. The summed E-state index contributed by atoms with van der Waals surface area (Å²) in [7, 11) is 0. The number of imide groups is 1. The summed E-state index contributed by atoms with van der Waals surface area (Å²) in [6.07, 6.45) is 2.43. The van der Waals surface area contributed by atoms with Crippen LogP contribution in [0.5, 0.6) is 0 Å². The van der Waals surface area contributed by atoms with Crippen LogP contribution in [-0.2, 0) is 22.7 Å². The highest BCUT2D eigenvalue weighted by molar-refractivity contribution is 6.05. The molecule has 3 aromatic rings. The third-order valence-corrected chi connectivity index (χ3v) is 5.60. The van der Waals surface area contributed by atoms with Crippen LogP contribution in [0.1, 0.15) is 32.3 Å². The van der Waals surface area contributed by atoms with Crippen molar-refractivity contribution in [2.45, 2.75) is 45.8 Å². The second-order valence-corrected chi connectivity index (χ2v) is 8.60. The molecule has 2 aromatic carbocycles. The Bertz CT molecular complexity index is 1140. The average molecular weight is 433 g/mol. The zero-order chi connectivity index (χ0) is 22.7. The highest BCUT2D eigenvalue weighted by Crippen LogP contribution is 2.26. The molecule has 4 rings (SSSR count). The number of anilines is 1. The van der Waals surface area contributed by atoms with Crippen molar-refractivity contribution >= 4 is 34.4 Å². The van der Waals surface area contributed by atoms with E-state index in [4.69, 9.17) is 0 Å². The quantitative estimate of drug-likeness (QED) is 0.525. The molecule has 1 atom stereocenters. The van der Waals surface area contributed by atoms with Gasteiger partial charge in [-0.1, -0.05) is 50.2 Å². The normalized spacial score (nSPS) is 16.1. The van der Waals surface area contributed by atoms with Gasteiger partial charge in [0.15, 0.2) is 0 Å². The second-order valence-electron chi connectivity index (χ2n) is 8.60. The van der Waals surface area contributed by atoms with Crippen molar-refractivity contribution in [2.24, 2.45) is 5.92 Å². The number of carbonyl (C=O) groups excluding carboxylic acids is 3. The van der Waals surface area contributed by atoms with Crippen molar-refractivity contribution in [3.8, 4) is 0 Å². The Morgan fingerprint density at radius 3 is 2.59 bits per heavy atom. The molecule has 0 spiro atoms. The second kappa shape index (κ2) is 9.26. The molecule has 0 saturated carbocycles. The van der Waals surface area contributed by atoms with E-state index < -0.39 is 12.1 Å². The molecule has 1 fully saturated rings. The first kappa shape index (κ1) is 21.6. The first-order chi connectivity index (χ1) is 15.4. The summed E-state index contributed by atoms with van der Waals surface area (Å²) >= 11 is 0. The molecule has 0 radical (unpaired) electrons. The van der Waals surface area contributed by atoms with Crippen LogP contribution in [0.2, 0.25) is 0 Å². The minimum Gasteiger partial charge on any atom is -0.347 e. The highest BCUT2D eigenvalue weighted by Gasteiger charge is 2.37.